The van der Waals surface area contributed by atoms with Gasteiger partial charge < -0.3 is 4.74 Å². The van der Waals surface area contributed by atoms with Crippen LogP contribution in [-0.4, -0.2) is 25.6 Å². The first-order valence-corrected chi connectivity index (χ1v) is 10.6. The number of aryl methyl sites for hydroxylation is 1. The molecule has 1 heterocycles. The average Bonchev–Trinajstić information content (AvgIpc) is 2.95. The number of nitrogens with zero attached hydrogens (tertiary/aromatic N) is 1. The van der Waals surface area contributed by atoms with E-state index < -0.39 is 10.0 Å². The normalized spacial score (nSPS) is 11.6. The highest BCUT2D eigenvalue weighted by Gasteiger charge is 2.14. The fourth-order valence-corrected chi connectivity index (χ4v) is 5.63. The van der Waals surface area contributed by atoms with E-state index >= 15 is 0 Å². The molecule has 0 bridgehead atoms. The zero-order valence-corrected chi connectivity index (χ0v) is 15.6. The molecule has 0 fully saturated rings. The molecule has 0 saturated carbocycles. The number of rotatable bonds is 6. The lowest BCUT2D eigenvalue weighted by atomic mass is 10.2. The fraction of sp³-hybridized carbons (Fsp3) is 0.188. The van der Waals surface area contributed by atoms with Crippen molar-refractivity contribution >= 4 is 49.0 Å². The van der Waals surface area contributed by atoms with E-state index in [2.05, 4.69) is 9.71 Å². The Morgan fingerprint density at radius 1 is 1.25 bits per heavy atom. The van der Waals surface area contributed by atoms with Gasteiger partial charge >= 0.3 is 0 Å². The zero-order chi connectivity index (χ0) is 17.2. The first kappa shape index (κ1) is 17.1. The highest BCUT2D eigenvalue weighted by atomic mass is 32.3. The lowest BCUT2D eigenvalue weighted by Gasteiger charge is -2.08. The van der Waals surface area contributed by atoms with Crippen molar-refractivity contribution in [3.63, 3.8) is 0 Å². The largest absolute Gasteiger partial charge is 0.497 e. The number of anilines is 1. The number of thioether (sulfide) groups is 1. The Bertz CT molecular complexity index is 968. The quantitative estimate of drug-likeness (QED) is 0.652. The van der Waals surface area contributed by atoms with E-state index in [1.807, 2.05) is 25.1 Å². The molecule has 0 spiro atoms. The molecule has 3 aromatic rings. The Labute approximate surface area is 149 Å². The molecule has 24 heavy (non-hydrogen) atoms. The van der Waals surface area contributed by atoms with Crippen LogP contribution in [0.2, 0.25) is 0 Å². The van der Waals surface area contributed by atoms with E-state index in [1.165, 1.54) is 30.2 Å². The van der Waals surface area contributed by atoms with Crippen LogP contribution in [0.15, 0.2) is 46.8 Å². The molecule has 2 aromatic carbocycles. The molecule has 0 unspecified atom stereocenters. The minimum Gasteiger partial charge on any atom is -0.497 e. The SMILES string of the molecule is COc1cccc(NS(=O)(=O)CSc2nc3cc(C)ccc3s2)c1. The van der Waals surface area contributed by atoms with Gasteiger partial charge in [0.2, 0.25) is 10.0 Å². The standard InChI is InChI=1S/C16H16N2O3S3/c1-11-6-7-15-14(8-11)17-16(23-15)22-10-24(19,20)18-12-4-3-5-13(9-12)21-2/h3-9,18H,10H2,1-2H3. The molecule has 0 atom stereocenters. The number of hydrogen-bond acceptors (Lipinski definition) is 6. The number of fused-ring (bicyclic) bond motifs is 1. The highest BCUT2D eigenvalue weighted by molar-refractivity contribution is 8.13. The number of thiazole rings is 1. The molecule has 1 N–H and O–H groups in total. The molecule has 3 rings (SSSR count). The van der Waals surface area contributed by atoms with Gasteiger partial charge in [-0.25, -0.2) is 13.4 Å². The Morgan fingerprint density at radius 3 is 2.88 bits per heavy atom. The van der Waals surface area contributed by atoms with Gasteiger partial charge in [0.05, 0.1) is 23.0 Å². The number of hydrogen-bond donors (Lipinski definition) is 1. The van der Waals surface area contributed by atoms with Gasteiger partial charge in [-0.15, -0.1) is 11.3 Å². The third-order valence-electron chi connectivity index (χ3n) is 3.20. The third kappa shape index (κ3) is 4.19. The lowest BCUT2D eigenvalue weighted by molar-refractivity contribution is 0.415. The van der Waals surface area contributed by atoms with Crippen LogP contribution in [-0.2, 0) is 10.0 Å². The minimum absolute atomic E-state index is 0.0942. The van der Waals surface area contributed by atoms with Gasteiger partial charge in [-0.2, -0.15) is 0 Å². The van der Waals surface area contributed by atoms with Crippen LogP contribution in [0.5, 0.6) is 5.75 Å². The molecule has 0 aliphatic rings. The molecular weight excluding hydrogens is 364 g/mol. The molecule has 1 aromatic heterocycles. The van der Waals surface area contributed by atoms with E-state index in [9.17, 15) is 8.42 Å². The first-order chi connectivity index (χ1) is 11.4. The molecule has 0 radical (unpaired) electrons. The van der Waals surface area contributed by atoms with Gasteiger partial charge in [0.25, 0.3) is 0 Å². The van der Waals surface area contributed by atoms with E-state index in [0.29, 0.717) is 11.4 Å². The second kappa shape index (κ2) is 7.00. The Kier molecular flexibility index (Phi) is 4.98. The predicted octanol–water partition coefficient (Wildman–Crippen LogP) is 4.10. The average molecular weight is 381 g/mol. The van der Waals surface area contributed by atoms with Gasteiger partial charge in [-0.05, 0) is 36.8 Å². The summed E-state index contributed by atoms with van der Waals surface area (Å²) in [5.74, 6) is 0.601. The van der Waals surface area contributed by atoms with Crippen molar-refractivity contribution in [1.82, 2.24) is 4.98 Å². The number of sulfonamides is 1. The van der Waals surface area contributed by atoms with Crippen molar-refractivity contribution in [3.8, 4) is 5.75 Å². The summed E-state index contributed by atoms with van der Waals surface area (Å²) < 4.78 is 33.9. The van der Waals surface area contributed by atoms with Crippen molar-refractivity contribution in [2.75, 3.05) is 16.9 Å². The Balaban J connectivity index is 1.69. The van der Waals surface area contributed by atoms with Crippen LogP contribution >= 0.6 is 23.1 Å². The molecule has 0 aliphatic heterocycles. The third-order valence-corrected chi connectivity index (χ3v) is 7.24. The first-order valence-electron chi connectivity index (χ1n) is 7.10. The van der Waals surface area contributed by atoms with Gasteiger partial charge in [-0.1, -0.05) is 23.9 Å². The van der Waals surface area contributed by atoms with Crippen molar-refractivity contribution in [2.45, 2.75) is 11.3 Å². The van der Waals surface area contributed by atoms with E-state index in [-0.39, 0.29) is 5.08 Å². The summed E-state index contributed by atoms with van der Waals surface area (Å²) in [6.07, 6.45) is 0. The summed E-state index contributed by atoms with van der Waals surface area (Å²) in [4.78, 5) is 4.48. The van der Waals surface area contributed by atoms with Crippen LogP contribution in [0, 0.1) is 6.92 Å². The summed E-state index contributed by atoms with van der Waals surface area (Å²) in [5, 5.41) is -0.0942. The summed E-state index contributed by atoms with van der Waals surface area (Å²) in [6, 6.07) is 12.9. The van der Waals surface area contributed by atoms with Crippen LogP contribution in [0.3, 0.4) is 0 Å². The summed E-state index contributed by atoms with van der Waals surface area (Å²) >= 11 is 2.71. The molecule has 126 valence electrons. The fourth-order valence-electron chi connectivity index (χ4n) is 2.10. The molecule has 0 amide bonds. The van der Waals surface area contributed by atoms with E-state index in [4.69, 9.17) is 4.74 Å². The number of nitrogens with one attached hydrogen (secondary N) is 1. The van der Waals surface area contributed by atoms with E-state index in [1.54, 1.807) is 24.3 Å². The summed E-state index contributed by atoms with van der Waals surface area (Å²) in [5.41, 5.74) is 2.52. The second-order valence-corrected chi connectivity index (χ2v) is 9.50. The number of benzene rings is 2. The molecule has 8 heteroatoms. The van der Waals surface area contributed by atoms with Crippen LogP contribution in [0.25, 0.3) is 10.2 Å². The number of aromatic nitrogens is 1. The van der Waals surface area contributed by atoms with Gasteiger partial charge in [0.1, 0.15) is 10.8 Å². The van der Waals surface area contributed by atoms with Crippen molar-refractivity contribution in [1.29, 1.82) is 0 Å². The van der Waals surface area contributed by atoms with Crippen LogP contribution in [0.4, 0.5) is 5.69 Å². The highest BCUT2D eigenvalue weighted by Crippen LogP contribution is 2.31. The smallest absolute Gasteiger partial charge is 0.242 e. The molecule has 5 nitrogen and oxygen atoms in total. The predicted molar refractivity (Wildman–Crippen MR) is 101 cm³/mol. The van der Waals surface area contributed by atoms with Crippen molar-refractivity contribution in [3.05, 3.63) is 48.0 Å². The monoisotopic (exact) mass is 380 g/mol. The lowest BCUT2D eigenvalue weighted by Crippen LogP contribution is -2.14. The van der Waals surface area contributed by atoms with Crippen molar-refractivity contribution < 1.29 is 13.2 Å². The van der Waals surface area contributed by atoms with Gasteiger partial charge in [-0.3, -0.25) is 4.72 Å². The van der Waals surface area contributed by atoms with Crippen LogP contribution < -0.4 is 9.46 Å². The van der Waals surface area contributed by atoms with Gasteiger partial charge in [0, 0.05) is 6.07 Å². The maximum absolute atomic E-state index is 12.2. The summed E-state index contributed by atoms with van der Waals surface area (Å²) in [6.45, 7) is 2.01. The van der Waals surface area contributed by atoms with Crippen LogP contribution in [0.1, 0.15) is 5.56 Å². The van der Waals surface area contributed by atoms with Crippen molar-refractivity contribution in [2.24, 2.45) is 0 Å². The maximum Gasteiger partial charge on any atom is 0.242 e. The maximum atomic E-state index is 12.2. The number of methoxy groups -OCH3 is 1. The Morgan fingerprint density at radius 2 is 2.08 bits per heavy atom. The molecule has 0 saturated heterocycles. The van der Waals surface area contributed by atoms with Gasteiger partial charge in [0.15, 0.2) is 4.34 Å². The minimum atomic E-state index is -3.48. The topological polar surface area (TPSA) is 68.3 Å². The second-order valence-electron chi connectivity index (χ2n) is 5.16. The molecule has 0 aliphatic carbocycles. The zero-order valence-electron chi connectivity index (χ0n) is 13.1. The summed E-state index contributed by atoms with van der Waals surface area (Å²) in [7, 11) is -1.94. The molecular formula is C16H16N2O3S3. The van der Waals surface area contributed by atoms with E-state index in [0.717, 1.165) is 20.1 Å². The number of ether oxygens (including phenoxy) is 1. The Hall–Kier alpha value is -1.77.